The Morgan fingerprint density at radius 2 is 1.73 bits per heavy atom. The van der Waals surface area contributed by atoms with Gasteiger partial charge in [0.1, 0.15) is 12.8 Å². The number of allylic oxidation sites excluding steroid dienone is 4. The van der Waals surface area contributed by atoms with Crippen molar-refractivity contribution in [3.8, 4) is 0 Å². The SMILES string of the molecule is C[C@]12C=CC(=O)C=C1[C@@H](F)C[C@H]1[C@@H]3C[C@H]4O[C@@H](c5ccc(F)s5)O[C@@]4(C(=O)COP(=O)(O)OP(=O)(O)OCCNC(=O)CCCC(=O)ON4C(=O)CCC4=O)[C@@]3(C)C[C@H](O)[C@@]12F. The van der Waals surface area contributed by atoms with Gasteiger partial charge in [-0.05, 0) is 68.4 Å². The molecule has 1 aromatic heterocycles. The molecule has 2 aliphatic heterocycles. The Kier molecular flexibility index (Phi) is 12.6. The molecule has 3 amide bonds. The number of ether oxygens (including phenoxy) is 2. The molecule has 340 valence electrons. The van der Waals surface area contributed by atoms with Gasteiger partial charge >= 0.3 is 21.6 Å². The Morgan fingerprint density at radius 3 is 2.40 bits per heavy atom. The third kappa shape index (κ3) is 8.12. The van der Waals surface area contributed by atoms with E-state index in [0.29, 0.717) is 16.4 Å². The Labute approximate surface area is 355 Å². The van der Waals surface area contributed by atoms with Crippen molar-refractivity contribution >= 4 is 62.2 Å². The fourth-order valence-electron chi connectivity index (χ4n) is 10.1. The number of alkyl halides is 2. The largest absolute Gasteiger partial charge is 0.481 e. The van der Waals surface area contributed by atoms with Crippen LogP contribution < -0.4 is 5.32 Å². The number of hydroxylamine groups is 2. The number of thiophene rings is 1. The number of carbonyl (C=O) groups is 6. The molecule has 0 radical (unpaired) electrons. The summed E-state index contributed by atoms with van der Waals surface area (Å²) in [6, 6.07) is 2.46. The van der Waals surface area contributed by atoms with Crippen LogP contribution in [0.25, 0.3) is 0 Å². The molecule has 25 heteroatoms. The van der Waals surface area contributed by atoms with Crippen LogP contribution in [-0.2, 0) is 65.6 Å². The van der Waals surface area contributed by atoms with Crippen molar-refractivity contribution < 1.29 is 93.6 Å². The van der Waals surface area contributed by atoms with Crippen LogP contribution in [0.5, 0.6) is 0 Å². The molecular formula is C37H43F3N2O17P2S. The maximum absolute atomic E-state index is 17.8. The fraction of sp³-hybridized carbons (Fsp3) is 0.622. The molecule has 12 atom stereocenters. The van der Waals surface area contributed by atoms with E-state index < -0.39 is 147 Å². The minimum atomic E-state index is -5.65. The van der Waals surface area contributed by atoms with Gasteiger partial charge in [0.25, 0.3) is 11.8 Å². The number of fused-ring (bicyclic) bond motifs is 7. The van der Waals surface area contributed by atoms with E-state index in [1.165, 1.54) is 26.0 Å². The summed E-state index contributed by atoms with van der Waals surface area (Å²) in [5.74, 6) is -6.81. The highest BCUT2D eigenvalue weighted by Gasteiger charge is 2.80. The lowest BCUT2D eigenvalue weighted by atomic mass is 9.44. The molecule has 19 nitrogen and oxygen atoms in total. The number of Topliss-reactive ketones (excluding diaryl/α,β-unsaturated/α-hetero) is 1. The van der Waals surface area contributed by atoms with E-state index in [9.17, 15) is 57.2 Å². The van der Waals surface area contributed by atoms with Gasteiger partial charge in [-0.25, -0.2) is 22.7 Å². The molecule has 62 heavy (non-hydrogen) atoms. The zero-order valence-electron chi connectivity index (χ0n) is 33.1. The van der Waals surface area contributed by atoms with Crippen LogP contribution in [-0.4, -0.2) is 105 Å². The zero-order valence-corrected chi connectivity index (χ0v) is 35.7. The van der Waals surface area contributed by atoms with Gasteiger partial charge in [-0.2, -0.15) is 8.70 Å². The second-order valence-corrected chi connectivity index (χ2v) is 20.5. The van der Waals surface area contributed by atoms with Gasteiger partial charge in [-0.3, -0.25) is 33.0 Å². The second-order valence-electron chi connectivity index (χ2n) is 16.3. The van der Waals surface area contributed by atoms with Crippen LogP contribution in [0.15, 0.2) is 35.9 Å². The molecule has 4 aliphatic carbocycles. The summed E-state index contributed by atoms with van der Waals surface area (Å²) in [5.41, 5.74) is -8.25. The third-order valence-corrected chi connectivity index (χ3v) is 16.3. The van der Waals surface area contributed by atoms with Gasteiger partial charge in [0.2, 0.25) is 5.91 Å². The van der Waals surface area contributed by atoms with Crippen molar-refractivity contribution in [1.82, 2.24) is 10.4 Å². The van der Waals surface area contributed by atoms with Crippen molar-refractivity contribution in [3.63, 3.8) is 0 Å². The van der Waals surface area contributed by atoms with Crippen LogP contribution in [0.3, 0.4) is 0 Å². The highest BCUT2D eigenvalue weighted by molar-refractivity contribution is 7.61. The van der Waals surface area contributed by atoms with E-state index in [-0.39, 0.29) is 49.0 Å². The van der Waals surface area contributed by atoms with E-state index >= 15 is 8.78 Å². The number of hydrogen-bond donors (Lipinski definition) is 4. The van der Waals surface area contributed by atoms with Gasteiger partial charge < -0.3 is 34.5 Å². The first-order valence-electron chi connectivity index (χ1n) is 19.5. The third-order valence-electron chi connectivity index (χ3n) is 12.8. The highest BCUT2D eigenvalue weighted by Crippen LogP contribution is 2.73. The number of amides is 3. The number of carbonyl (C=O) groups excluding carboxylic acids is 6. The van der Waals surface area contributed by atoms with E-state index in [2.05, 4.69) is 14.2 Å². The average molecular weight is 939 g/mol. The van der Waals surface area contributed by atoms with E-state index in [4.69, 9.17) is 18.8 Å². The van der Waals surface area contributed by atoms with Crippen LogP contribution in [0.4, 0.5) is 13.2 Å². The Bertz CT molecular complexity index is 2210. The van der Waals surface area contributed by atoms with Gasteiger partial charge in [0, 0.05) is 49.0 Å². The van der Waals surface area contributed by atoms with E-state index in [1.54, 1.807) is 0 Å². The predicted molar refractivity (Wildman–Crippen MR) is 201 cm³/mol. The summed E-state index contributed by atoms with van der Waals surface area (Å²) in [4.78, 5) is 99.3. The monoisotopic (exact) mass is 938 g/mol. The first kappa shape index (κ1) is 46.5. The summed E-state index contributed by atoms with van der Waals surface area (Å²) in [5, 5.41) is 13.8. The molecule has 1 aromatic rings. The Hall–Kier alpha value is -3.47. The summed E-state index contributed by atoms with van der Waals surface area (Å²) in [6.45, 7) is 0.363. The summed E-state index contributed by atoms with van der Waals surface area (Å²) < 4.78 is 99.9. The molecule has 3 saturated carbocycles. The average Bonchev–Trinajstić information content (AvgIpc) is 3.94. The number of nitrogens with one attached hydrogen (secondary N) is 1. The number of ketones is 2. The van der Waals surface area contributed by atoms with Gasteiger partial charge in [-0.15, -0.1) is 16.4 Å². The highest BCUT2D eigenvalue weighted by atomic mass is 32.1. The summed E-state index contributed by atoms with van der Waals surface area (Å²) in [6.07, 6.45) is -4.97. The molecule has 2 unspecified atom stereocenters. The lowest BCUT2D eigenvalue weighted by Gasteiger charge is -2.63. The van der Waals surface area contributed by atoms with E-state index in [1.807, 2.05) is 0 Å². The van der Waals surface area contributed by atoms with Crippen molar-refractivity contribution in [2.75, 3.05) is 19.8 Å². The molecule has 3 heterocycles. The maximum Gasteiger partial charge on any atom is 0.481 e. The minimum Gasteiger partial charge on any atom is -0.390 e. The van der Waals surface area contributed by atoms with Crippen LogP contribution in [0, 0.1) is 27.8 Å². The molecule has 6 aliphatic rings. The Morgan fingerprint density at radius 1 is 1.03 bits per heavy atom. The number of phosphoric acid groups is 2. The molecule has 7 rings (SSSR count). The molecular weight excluding hydrogens is 895 g/mol. The molecule has 4 N–H and O–H groups in total. The van der Waals surface area contributed by atoms with Gasteiger partial charge in [-0.1, -0.05) is 13.0 Å². The van der Waals surface area contributed by atoms with Crippen LogP contribution >= 0.6 is 27.0 Å². The lowest BCUT2D eigenvalue weighted by Crippen LogP contribution is -2.70. The first-order valence-corrected chi connectivity index (χ1v) is 23.3. The number of rotatable bonds is 16. The normalized spacial score (nSPS) is 36.8. The standard InChI is InChI=1S/C37H43F3N2O17P2S/c1-34-11-10-19(43)14-22(34)23(38)15-21-20-16-27-37(35(20,2)17-25(44)36(21,34)40,57-33(56-27)24-6-7-28(39)62-24)26(45)18-55-61(52,53)59-60(50,51)54-13-12-41-29(46)4-3-5-32(49)58-42-30(47)8-9-31(42)48/h6-7,10-11,14,20-21,23,25,27,33,44H,3-5,8-9,12-13,15-18H2,1-2H3,(H,41,46)(H,50,51)(H,52,53)/t20-,21-,23-,25-,27+,33+,34-,35-,36-,37+/m0/s1. The van der Waals surface area contributed by atoms with Crippen molar-refractivity contribution in [3.05, 3.63) is 45.9 Å². The summed E-state index contributed by atoms with van der Waals surface area (Å²) in [7, 11) is -11.1. The molecule has 5 fully saturated rings. The maximum atomic E-state index is 17.8. The zero-order chi connectivity index (χ0) is 45.2. The van der Waals surface area contributed by atoms with Crippen LogP contribution in [0.2, 0.25) is 0 Å². The quantitative estimate of drug-likeness (QED) is 0.105. The number of aliphatic hydroxyl groups is 1. The number of nitrogens with zero attached hydrogens (tertiary/aromatic N) is 1. The van der Waals surface area contributed by atoms with Crippen LogP contribution in [0.1, 0.15) is 76.4 Å². The van der Waals surface area contributed by atoms with Crippen molar-refractivity contribution in [2.45, 2.75) is 101 Å². The number of hydrogen-bond acceptors (Lipinski definition) is 16. The fourth-order valence-corrected chi connectivity index (χ4v) is 12.8. The number of phosphoric ester groups is 2. The van der Waals surface area contributed by atoms with Gasteiger partial charge in [0.05, 0.1) is 23.7 Å². The van der Waals surface area contributed by atoms with E-state index in [0.717, 1.165) is 18.2 Å². The number of imide groups is 1. The summed E-state index contributed by atoms with van der Waals surface area (Å²) >= 11 is 0.638. The smallest absolute Gasteiger partial charge is 0.390 e. The topological polar surface area (TPSA) is 268 Å². The van der Waals surface area contributed by atoms with Crippen molar-refractivity contribution in [1.29, 1.82) is 0 Å². The molecule has 0 spiro atoms. The first-order chi connectivity index (χ1) is 29.0. The number of aliphatic hydroxyl groups excluding tert-OH is 1. The minimum absolute atomic E-state index is 0.0616. The second kappa shape index (κ2) is 16.8. The Balaban J connectivity index is 0.984. The lowest BCUT2D eigenvalue weighted by molar-refractivity contribution is -0.234. The molecule has 0 aromatic carbocycles. The molecule has 2 saturated heterocycles. The predicted octanol–water partition coefficient (Wildman–Crippen LogP) is 3.68. The molecule has 0 bridgehead atoms. The van der Waals surface area contributed by atoms with Gasteiger partial charge in [0.15, 0.2) is 34.3 Å². The number of halogens is 3. The van der Waals surface area contributed by atoms with Crippen molar-refractivity contribution in [2.24, 2.45) is 22.7 Å².